The van der Waals surface area contributed by atoms with E-state index >= 15 is 0 Å². The summed E-state index contributed by atoms with van der Waals surface area (Å²) in [5.41, 5.74) is -0.0175. The maximum absolute atomic E-state index is 12.7. The molecule has 2 aliphatic rings. The lowest BCUT2D eigenvalue weighted by molar-refractivity contribution is -0.960. The van der Waals surface area contributed by atoms with E-state index in [9.17, 15) is 8.42 Å². The fourth-order valence-electron chi connectivity index (χ4n) is 4.01. The van der Waals surface area contributed by atoms with Gasteiger partial charge in [0.1, 0.15) is 23.5 Å². The molecule has 24 heavy (non-hydrogen) atoms. The van der Waals surface area contributed by atoms with E-state index in [1.165, 1.54) is 11.3 Å². The first-order chi connectivity index (χ1) is 11.5. The Morgan fingerprint density at radius 3 is 2.46 bits per heavy atom. The predicted octanol–water partition coefficient (Wildman–Crippen LogP) is 1.24. The van der Waals surface area contributed by atoms with Crippen LogP contribution in [0.1, 0.15) is 32.1 Å². The summed E-state index contributed by atoms with van der Waals surface area (Å²) in [4.78, 5) is 1.64. The summed E-state index contributed by atoms with van der Waals surface area (Å²) in [6, 6.07) is 6.60. The van der Waals surface area contributed by atoms with Crippen molar-refractivity contribution >= 4 is 21.6 Å². The standard InChI is InChI=1S/C17H25ClN2O3S/c18-15-6-2-3-7-16(15)24(21,22)19-14-17(8-4-1-5-9-17)20-10-12-23-13-11-20/h2-3,6-7,19H,1,4-5,8-14H2/p+1. The Kier molecular flexibility index (Phi) is 5.82. The molecule has 1 aliphatic carbocycles. The largest absolute Gasteiger partial charge is 0.370 e. The van der Waals surface area contributed by atoms with Crippen molar-refractivity contribution in [3.05, 3.63) is 29.3 Å². The molecule has 1 heterocycles. The zero-order valence-corrected chi connectivity index (χ0v) is 15.5. The number of rotatable bonds is 5. The van der Waals surface area contributed by atoms with Gasteiger partial charge in [-0.05, 0) is 25.0 Å². The average molecular weight is 374 g/mol. The van der Waals surface area contributed by atoms with Crippen LogP contribution in [0.15, 0.2) is 29.2 Å². The number of sulfonamides is 1. The first-order valence-electron chi connectivity index (χ1n) is 8.71. The van der Waals surface area contributed by atoms with E-state index in [1.807, 2.05) is 0 Å². The molecule has 0 radical (unpaired) electrons. The highest BCUT2D eigenvalue weighted by Crippen LogP contribution is 2.27. The number of morpholine rings is 1. The molecule has 1 saturated carbocycles. The van der Waals surface area contributed by atoms with Crippen LogP contribution in [0.2, 0.25) is 5.02 Å². The van der Waals surface area contributed by atoms with Crippen molar-refractivity contribution in [2.24, 2.45) is 0 Å². The van der Waals surface area contributed by atoms with Gasteiger partial charge in [-0.2, -0.15) is 0 Å². The summed E-state index contributed by atoms with van der Waals surface area (Å²) >= 11 is 6.07. The van der Waals surface area contributed by atoms with Crippen LogP contribution in [0.3, 0.4) is 0 Å². The summed E-state index contributed by atoms with van der Waals surface area (Å²) in [5, 5.41) is 0.265. The van der Waals surface area contributed by atoms with Crippen LogP contribution in [0.25, 0.3) is 0 Å². The minimum absolute atomic E-state index is 0.0175. The van der Waals surface area contributed by atoms with E-state index < -0.39 is 10.0 Å². The number of nitrogens with one attached hydrogen (secondary N) is 2. The van der Waals surface area contributed by atoms with E-state index in [2.05, 4.69) is 4.72 Å². The molecular weight excluding hydrogens is 348 g/mol. The summed E-state index contributed by atoms with van der Waals surface area (Å²) in [6.45, 7) is 3.89. The maximum atomic E-state index is 12.7. The van der Waals surface area contributed by atoms with Crippen molar-refractivity contribution < 1.29 is 18.1 Å². The van der Waals surface area contributed by atoms with Crippen molar-refractivity contribution in [2.75, 3.05) is 32.8 Å². The molecule has 0 atom stereocenters. The molecule has 5 nitrogen and oxygen atoms in total. The van der Waals surface area contributed by atoms with E-state index in [1.54, 1.807) is 24.3 Å². The highest BCUT2D eigenvalue weighted by atomic mass is 35.5. The van der Waals surface area contributed by atoms with Gasteiger partial charge in [0.05, 0.1) is 24.8 Å². The van der Waals surface area contributed by atoms with Gasteiger partial charge in [-0.3, -0.25) is 0 Å². The molecule has 2 N–H and O–H groups in total. The average Bonchev–Trinajstić information content (AvgIpc) is 2.62. The van der Waals surface area contributed by atoms with Gasteiger partial charge in [0.25, 0.3) is 0 Å². The molecular formula is C17H26ClN2O3S+. The molecule has 7 heteroatoms. The third-order valence-corrected chi connectivity index (χ3v) is 7.28. The zero-order chi connectivity index (χ0) is 17.0. The van der Waals surface area contributed by atoms with Crippen molar-refractivity contribution in [3.8, 4) is 0 Å². The summed E-state index contributed by atoms with van der Waals surface area (Å²) < 4.78 is 33.7. The summed E-state index contributed by atoms with van der Waals surface area (Å²) in [6.07, 6.45) is 5.69. The number of halogens is 1. The Labute approximate surface area is 149 Å². The molecule has 0 amide bonds. The van der Waals surface area contributed by atoms with Crippen LogP contribution in [-0.2, 0) is 14.8 Å². The number of hydrogen-bond acceptors (Lipinski definition) is 3. The molecule has 0 aromatic heterocycles. The number of benzene rings is 1. The first-order valence-corrected chi connectivity index (χ1v) is 10.6. The quantitative estimate of drug-likeness (QED) is 0.816. The van der Waals surface area contributed by atoms with Crippen LogP contribution in [0, 0.1) is 0 Å². The third kappa shape index (κ3) is 3.94. The fourth-order valence-corrected chi connectivity index (χ4v) is 5.65. The van der Waals surface area contributed by atoms with Crippen molar-refractivity contribution in [1.29, 1.82) is 0 Å². The number of quaternary nitrogens is 1. The lowest BCUT2D eigenvalue weighted by Gasteiger charge is -2.45. The lowest BCUT2D eigenvalue weighted by atomic mass is 9.80. The van der Waals surface area contributed by atoms with Gasteiger partial charge < -0.3 is 9.64 Å². The van der Waals surface area contributed by atoms with Gasteiger partial charge in [-0.25, -0.2) is 13.1 Å². The van der Waals surface area contributed by atoms with Gasteiger partial charge in [0.2, 0.25) is 10.0 Å². The van der Waals surface area contributed by atoms with Gasteiger partial charge in [-0.15, -0.1) is 0 Å². The van der Waals surface area contributed by atoms with E-state index in [-0.39, 0.29) is 15.5 Å². The van der Waals surface area contributed by atoms with E-state index in [0.717, 1.165) is 52.0 Å². The van der Waals surface area contributed by atoms with Crippen LogP contribution >= 0.6 is 11.6 Å². The second kappa shape index (κ2) is 7.70. The first kappa shape index (κ1) is 18.1. The molecule has 0 unspecified atom stereocenters. The van der Waals surface area contributed by atoms with Crippen LogP contribution in [0.4, 0.5) is 0 Å². The minimum atomic E-state index is -3.59. The van der Waals surface area contributed by atoms with Gasteiger partial charge >= 0.3 is 0 Å². The molecule has 1 aliphatic heterocycles. The highest BCUT2D eigenvalue weighted by molar-refractivity contribution is 7.89. The summed E-state index contributed by atoms with van der Waals surface area (Å²) in [5.74, 6) is 0. The van der Waals surface area contributed by atoms with Crippen LogP contribution < -0.4 is 9.62 Å². The Bertz CT molecular complexity index is 654. The topological polar surface area (TPSA) is 59.8 Å². The Morgan fingerprint density at radius 2 is 1.79 bits per heavy atom. The molecule has 1 aromatic rings. The maximum Gasteiger partial charge on any atom is 0.242 e. The second-order valence-corrected chi connectivity index (χ2v) is 8.95. The molecule has 1 saturated heterocycles. The molecule has 1 aromatic carbocycles. The molecule has 3 rings (SSSR count). The van der Waals surface area contributed by atoms with Crippen molar-refractivity contribution in [3.63, 3.8) is 0 Å². The monoisotopic (exact) mass is 373 g/mol. The highest BCUT2D eigenvalue weighted by Gasteiger charge is 2.43. The number of hydrogen-bond donors (Lipinski definition) is 2. The zero-order valence-electron chi connectivity index (χ0n) is 13.9. The second-order valence-electron chi connectivity index (χ2n) is 6.81. The SMILES string of the molecule is O=S(=O)(NCC1([NH+]2CCOCC2)CCCCC1)c1ccccc1Cl. The van der Waals surface area contributed by atoms with Crippen LogP contribution in [0.5, 0.6) is 0 Å². The van der Waals surface area contributed by atoms with Crippen LogP contribution in [-0.4, -0.2) is 46.8 Å². The molecule has 2 fully saturated rings. The lowest BCUT2D eigenvalue weighted by Crippen LogP contribution is -3.23. The fraction of sp³-hybridized carbons (Fsp3) is 0.647. The van der Waals surface area contributed by atoms with E-state index in [4.69, 9.17) is 16.3 Å². The molecule has 0 spiro atoms. The normalized spacial score (nSPS) is 22.4. The van der Waals surface area contributed by atoms with Gasteiger partial charge in [0, 0.05) is 12.8 Å². The molecule has 134 valence electrons. The summed E-state index contributed by atoms with van der Waals surface area (Å²) in [7, 11) is -3.59. The Hall–Kier alpha value is -0.660. The minimum Gasteiger partial charge on any atom is -0.370 e. The smallest absolute Gasteiger partial charge is 0.242 e. The Balaban J connectivity index is 1.77. The molecule has 0 bridgehead atoms. The predicted molar refractivity (Wildman–Crippen MR) is 94.0 cm³/mol. The Morgan fingerprint density at radius 1 is 1.12 bits per heavy atom. The van der Waals surface area contributed by atoms with Crippen molar-refractivity contribution in [1.82, 2.24) is 4.72 Å². The van der Waals surface area contributed by atoms with Gasteiger partial charge in [0.15, 0.2) is 0 Å². The third-order valence-electron chi connectivity index (χ3n) is 5.38. The van der Waals surface area contributed by atoms with Gasteiger partial charge in [-0.1, -0.05) is 30.2 Å². The van der Waals surface area contributed by atoms with Crippen molar-refractivity contribution in [2.45, 2.75) is 42.5 Å². The van der Waals surface area contributed by atoms with E-state index in [0.29, 0.717) is 6.54 Å². The number of ether oxygens (including phenoxy) is 1.